The predicted molar refractivity (Wildman–Crippen MR) is 96.6 cm³/mol. The Morgan fingerprint density at radius 2 is 1.88 bits per heavy atom. The normalized spacial score (nSPS) is 10.2. The molecule has 0 spiro atoms. The molecular weight excluding hydrogens is 394 g/mol. The molecular formula is C16H18BrN3O3S. The molecule has 0 bridgehead atoms. The molecule has 6 nitrogen and oxygen atoms in total. The first-order chi connectivity index (χ1) is 11.6. The maximum absolute atomic E-state index is 11.8. The first-order valence-corrected chi connectivity index (χ1v) is 8.95. The van der Waals surface area contributed by atoms with Crippen molar-refractivity contribution < 1.29 is 14.3 Å². The van der Waals surface area contributed by atoms with Crippen LogP contribution in [0.1, 0.15) is 27.7 Å². The Morgan fingerprint density at radius 1 is 1.12 bits per heavy atom. The summed E-state index contributed by atoms with van der Waals surface area (Å²) in [5.74, 6) is -0.363. The van der Waals surface area contributed by atoms with Gasteiger partial charge in [-0.25, -0.2) is 10.2 Å². The summed E-state index contributed by atoms with van der Waals surface area (Å²) < 4.78 is 6.26. The van der Waals surface area contributed by atoms with Crippen LogP contribution in [0.4, 0.5) is 4.79 Å². The number of urea groups is 1. The summed E-state index contributed by atoms with van der Waals surface area (Å²) in [4.78, 5) is 24.1. The first kappa shape index (κ1) is 18.4. The molecule has 0 fully saturated rings. The van der Waals surface area contributed by atoms with Crippen molar-refractivity contribution >= 4 is 39.2 Å². The number of carbonyl (C=O) groups excluding carboxylic acids is 2. The maximum atomic E-state index is 11.8. The molecule has 0 atom stereocenters. The minimum absolute atomic E-state index is 0.343. The number of thiophene rings is 1. The van der Waals surface area contributed by atoms with E-state index in [1.54, 1.807) is 12.1 Å². The van der Waals surface area contributed by atoms with E-state index in [0.29, 0.717) is 24.6 Å². The molecule has 2 aromatic rings. The standard InChI is InChI=1S/C16H18BrN3O3S/c1-2-23-10-12-6-4-3-5-11(12)9-18-16(22)20-19-15(21)13-7-8-14(17)24-13/h3-8H,2,9-10H2,1H3,(H,19,21)(H2,18,20,22). The van der Waals surface area contributed by atoms with Crippen molar-refractivity contribution in [2.45, 2.75) is 20.1 Å². The number of benzene rings is 1. The highest BCUT2D eigenvalue weighted by molar-refractivity contribution is 9.11. The topological polar surface area (TPSA) is 79.5 Å². The lowest BCUT2D eigenvalue weighted by molar-refractivity contribution is 0.0940. The second kappa shape index (κ2) is 9.41. The molecule has 8 heteroatoms. The van der Waals surface area contributed by atoms with E-state index >= 15 is 0 Å². The summed E-state index contributed by atoms with van der Waals surface area (Å²) in [6.07, 6.45) is 0. The van der Waals surface area contributed by atoms with Crippen LogP contribution in [0.2, 0.25) is 0 Å². The Morgan fingerprint density at radius 3 is 2.54 bits per heavy atom. The van der Waals surface area contributed by atoms with Crippen LogP contribution in [0, 0.1) is 0 Å². The highest BCUT2D eigenvalue weighted by atomic mass is 79.9. The zero-order chi connectivity index (χ0) is 17.4. The molecule has 0 aliphatic rings. The summed E-state index contributed by atoms with van der Waals surface area (Å²) >= 11 is 4.57. The number of amides is 3. The Bertz CT molecular complexity index is 705. The smallest absolute Gasteiger partial charge is 0.333 e. The zero-order valence-corrected chi connectivity index (χ0v) is 15.5. The summed E-state index contributed by atoms with van der Waals surface area (Å²) in [7, 11) is 0. The number of halogens is 1. The second-order valence-electron chi connectivity index (χ2n) is 4.77. The van der Waals surface area contributed by atoms with Gasteiger partial charge in [0.05, 0.1) is 15.3 Å². The Labute approximate surface area is 152 Å². The molecule has 2 rings (SSSR count). The number of hydrogen-bond acceptors (Lipinski definition) is 4. The SMILES string of the molecule is CCOCc1ccccc1CNC(=O)NNC(=O)c1ccc(Br)s1. The highest BCUT2D eigenvalue weighted by Crippen LogP contribution is 2.21. The van der Waals surface area contributed by atoms with E-state index in [1.165, 1.54) is 11.3 Å². The van der Waals surface area contributed by atoms with Crippen LogP contribution >= 0.6 is 27.3 Å². The van der Waals surface area contributed by atoms with Crippen molar-refractivity contribution in [2.75, 3.05) is 6.61 Å². The molecule has 24 heavy (non-hydrogen) atoms. The van der Waals surface area contributed by atoms with E-state index in [1.807, 2.05) is 31.2 Å². The molecule has 1 aromatic heterocycles. The quantitative estimate of drug-likeness (QED) is 0.638. The van der Waals surface area contributed by atoms with Crippen LogP contribution in [0.25, 0.3) is 0 Å². The van der Waals surface area contributed by atoms with Crippen molar-refractivity contribution in [1.29, 1.82) is 0 Å². The van der Waals surface area contributed by atoms with Gasteiger partial charge in [-0.1, -0.05) is 24.3 Å². The van der Waals surface area contributed by atoms with Crippen LogP contribution in [-0.2, 0) is 17.9 Å². The summed E-state index contributed by atoms with van der Waals surface area (Å²) in [6, 6.07) is 10.7. The second-order valence-corrected chi connectivity index (χ2v) is 7.23. The van der Waals surface area contributed by atoms with Gasteiger partial charge in [0.1, 0.15) is 0 Å². The fourth-order valence-corrected chi connectivity index (χ4v) is 3.20. The van der Waals surface area contributed by atoms with Gasteiger partial charge in [0.25, 0.3) is 5.91 Å². The summed E-state index contributed by atoms with van der Waals surface area (Å²) in [5, 5.41) is 2.70. The Balaban J connectivity index is 1.80. The lowest BCUT2D eigenvalue weighted by Gasteiger charge is -2.11. The van der Waals surface area contributed by atoms with Crippen molar-refractivity contribution in [3.05, 3.63) is 56.2 Å². The molecule has 3 N–H and O–H groups in total. The van der Waals surface area contributed by atoms with E-state index in [9.17, 15) is 9.59 Å². The van der Waals surface area contributed by atoms with Gasteiger partial charge in [-0.3, -0.25) is 10.2 Å². The van der Waals surface area contributed by atoms with Gasteiger partial charge in [-0.05, 0) is 46.1 Å². The third-order valence-corrected chi connectivity index (χ3v) is 4.73. The van der Waals surface area contributed by atoms with Crippen molar-refractivity contribution in [3.63, 3.8) is 0 Å². The third kappa shape index (κ3) is 5.63. The fraction of sp³-hybridized carbons (Fsp3) is 0.250. The largest absolute Gasteiger partial charge is 0.377 e. The van der Waals surface area contributed by atoms with Crippen molar-refractivity contribution in [3.8, 4) is 0 Å². The van der Waals surface area contributed by atoms with Crippen LogP contribution in [0.3, 0.4) is 0 Å². The van der Waals surface area contributed by atoms with Crippen LogP contribution in [0.5, 0.6) is 0 Å². The summed E-state index contributed by atoms with van der Waals surface area (Å²) in [6.45, 7) is 3.41. The van der Waals surface area contributed by atoms with Gasteiger partial charge in [0.15, 0.2) is 0 Å². The maximum Gasteiger partial charge on any atom is 0.333 e. The lowest BCUT2D eigenvalue weighted by atomic mass is 10.1. The van der Waals surface area contributed by atoms with Crippen molar-refractivity contribution in [2.24, 2.45) is 0 Å². The van der Waals surface area contributed by atoms with Gasteiger partial charge < -0.3 is 10.1 Å². The molecule has 0 saturated heterocycles. The molecule has 1 aromatic carbocycles. The lowest BCUT2D eigenvalue weighted by Crippen LogP contribution is -2.46. The average molecular weight is 412 g/mol. The number of nitrogens with one attached hydrogen (secondary N) is 3. The molecule has 0 aliphatic carbocycles. The van der Waals surface area contributed by atoms with Gasteiger partial charge in [0, 0.05) is 13.2 Å². The van der Waals surface area contributed by atoms with Crippen molar-refractivity contribution in [1.82, 2.24) is 16.2 Å². The molecule has 3 amide bonds. The van der Waals surface area contributed by atoms with E-state index in [4.69, 9.17) is 4.74 Å². The van der Waals surface area contributed by atoms with Crippen LogP contribution in [0.15, 0.2) is 40.2 Å². The average Bonchev–Trinajstić information content (AvgIpc) is 3.03. The molecule has 1 heterocycles. The van der Waals surface area contributed by atoms with Gasteiger partial charge in [-0.2, -0.15) is 0 Å². The first-order valence-electron chi connectivity index (χ1n) is 7.34. The van der Waals surface area contributed by atoms with E-state index in [-0.39, 0.29) is 5.91 Å². The van der Waals surface area contributed by atoms with E-state index in [2.05, 4.69) is 32.1 Å². The number of ether oxygens (including phenoxy) is 1. The third-order valence-electron chi connectivity index (χ3n) is 3.11. The molecule has 0 saturated carbocycles. The minimum Gasteiger partial charge on any atom is -0.377 e. The Kier molecular flexibility index (Phi) is 7.23. The molecule has 0 radical (unpaired) electrons. The molecule has 0 unspecified atom stereocenters. The molecule has 0 aliphatic heterocycles. The minimum atomic E-state index is -0.481. The summed E-state index contributed by atoms with van der Waals surface area (Å²) in [5.41, 5.74) is 6.68. The number of rotatable bonds is 6. The zero-order valence-electron chi connectivity index (χ0n) is 13.1. The number of hydrogen-bond donors (Lipinski definition) is 3. The number of hydrazine groups is 1. The van der Waals surface area contributed by atoms with E-state index in [0.717, 1.165) is 14.9 Å². The highest BCUT2D eigenvalue weighted by Gasteiger charge is 2.10. The van der Waals surface area contributed by atoms with Crippen LogP contribution < -0.4 is 16.2 Å². The fourth-order valence-electron chi connectivity index (χ4n) is 1.91. The van der Waals surface area contributed by atoms with Gasteiger partial charge in [-0.15, -0.1) is 11.3 Å². The predicted octanol–water partition coefficient (Wildman–Crippen LogP) is 3.19. The van der Waals surface area contributed by atoms with E-state index < -0.39 is 6.03 Å². The van der Waals surface area contributed by atoms with Gasteiger partial charge >= 0.3 is 6.03 Å². The van der Waals surface area contributed by atoms with Gasteiger partial charge in [0.2, 0.25) is 0 Å². The Hall–Kier alpha value is -1.90. The monoisotopic (exact) mass is 411 g/mol. The van der Waals surface area contributed by atoms with Crippen LogP contribution in [-0.4, -0.2) is 18.5 Å². The molecule has 128 valence electrons. The number of carbonyl (C=O) groups is 2.